The SMILES string of the molecule is COc1c(F)cc(F)cc1[B]c1c(F)cc(F)c(C)c1F. The average molecular weight is 299 g/mol. The van der Waals surface area contributed by atoms with Gasteiger partial charge in [0.25, 0.3) is 0 Å². The van der Waals surface area contributed by atoms with Crippen LogP contribution in [0.1, 0.15) is 5.56 Å². The van der Waals surface area contributed by atoms with Crippen LogP contribution < -0.4 is 15.7 Å². The van der Waals surface area contributed by atoms with Gasteiger partial charge in [0.2, 0.25) is 7.28 Å². The minimum Gasteiger partial charge on any atom is -0.494 e. The van der Waals surface area contributed by atoms with Gasteiger partial charge in [-0.2, -0.15) is 0 Å². The number of rotatable bonds is 3. The van der Waals surface area contributed by atoms with E-state index >= 15 is 0 Å². The highest BCUT2D eigenvalue weighted by Gasteiger charge is 2.21. The molecule has 7 heteroatoms. The molecule has 0 aliphatic carbocycles. The molecule has 0 heterocycles. The summed E-state index contributed by atoms with van der Waals surface area (Å²) in [5.41, 5.74) is -1.19. The highest BCUT2D eigenvalue weighted by atomic mass is 19.2. The van der Waals surface area contributed by atoms with Gasteiger partial charge in [-0.3, -0.25) is 0 Å². The van der Waals surface area contributed by atoms with Crippen molar-refractivity contribution >= 4 is 18.2 Å². The number of hydrogen-bond acceptors (Lipinski definition) is 1. The zero-order chi connectivity index (χ0) is 15.7. The lowest BCUT2D eigenvalue weighted by atomic mass is 9.62. The Morgan fingerprint density at radius 1 is 0.905 bits per heavy atom. The van der Waals surface area contributed by atoms with Gasteiger partial charge in [-0.05, 0) is 23.9 Å². The minimum atomic E-state index is -1.18. The van der Waals surface area contributed by atoms with Crippen molar-refractivity contribution in [1.29, 1.82) is 0 Å². The molecule has 21 heavy (non-hydrogen) atoms. The topological polar surface area (TPSA) is 9.23 Å². The predicted molar refractivity (Wildman–Crippen MR) is 69.0 cm³/mol. The third-order valence-electron chi connectivity index (χ3n) is 2.98. The lowest BCUT2D eigenvalue weighted by Crippen LogP contribution is -2.35. The van der Waals surface area contributed by atoms with Crippen molar-refractivity contribution in [1.82, 2.24) is 0 Å². The van der Waals surface area contributed by atoms with Crippen molar-refractivity contribution in [2.75, 3.05) is 7.11 Å². The van der Waals surface area contributed by atoms with Gasteiger partial charge in [-0.25, -0.2) is 22.0 Å². The minimum absolute atomic E-state index is 0.196. The summed E-state index contributed by atoms with van der Waals surface area (Å²) in [4.78, 5) is 0. The second-order valence-corrected chi connectivity index (χ2v) is 4.35. The van der Waals surface area contributed by atoms with Crippen LogP contribution in [-0.4, -0.2) is 14.4 Å². The van der Waals surface area contributed by atoms with Gasteiger partial charge < -0.3 is 4.74 Å². The summed E-state index contributed by atoms with van der Waals surface area (Å²) in [6.45, 7) is 1.13. The van der Waals surface area contributed by atoms with E-state index in [0.29, 0.717) is 12.1 Å². The molecule has 2 rings (SSSR count). The van der Waals surface area contributed by atoms with Gasteiger partial charge in [-0.15, -0.1) is 0 Å². The van der Waals surface area contributed by atoms with Gasteiger partial charge in [0.1, 0.15) is 29.0 Å². The van der Waals surface area contributed by atoms with Crippen molar-refractivity contribution in [2.24, 2.45) is 0 Å². The summed E-state index contributed by atoms with van der Waals surface area (Å²) < 4.78 is 72.3. The van der Waals surface area contributed by atoms with E-state index in [4.69, 9.17) is 4.74 Å². The number of ether oxygens (including phenoxy) is 1. The summed E-state index contributed by atoms with van der Waals surface area (Å²) in [7, 11) is 2.00. The predicted octanol–water partition coefficient (Wildman–Crippen LogP) is 2.35. The Bertz CT molecular complexity index is 702. The third kappa shape index (κ3) is 2.86. The van der Waals surface area contributed by atoms with Crippen LogP contribution in [0.4, 0.5) is 22.0 Å². The summed E-state index contributed by atoms with van der Waals surface area (Å²) >= 11 is 0. The zero-order valence-corrected chi connectivity index (χ0v) is 11.1. The second kappa shape index (κ2) is 5.75. The zero-order valence-electron chi connectivity index (χ0n) is 11.1. The van der Waals surface area contributed by atoms with Gasteiger partial charge in [0.05, 0.1) is 7.11 Å². The van der Waals surface area contributed by atoms with E-state index in [9.17, 15) is 22.0 Å². The van der Waals surface area contributed by atoms with Crippen LogP contribution in [0.25, 0.3) is 0 Å². The normalized spacial score (nSPS) is 10.6. The summed E-state index contributed by atoms with van der Waals surface area (Å²) in [6, 6.07) is 1.95. The van der Waals surface area contributed by atoms with E-state index in [1.165, 1.54) is 0 Å². The Labute approximate surface area is 118 Å². The van der Waals surface area contributed by atoms with Crippen molar-refractivity contribution in [3.05, 3.63) is 52.8 Å². The molecule has 0 N–H and O–H groups in total. The van der Waals surface area contributed by atoms with Crippen molar-refractivity contribution in [3.63, 3.8) is 0 Å². The van der Waals surface area contributed by atoms with Gasteiger partial charge >= 0.3 is 0 Å². The first-order valence-corrected chi connectivity index (χ1v) is 5.87. The smallest absolute Gasteiger partial charge is 0.204 e. The number of methoxy groups -OCH3 is 1. The first kappa shape index (κ1) is 15.3. The Morgan fingerprint density at radius 3 is 2.19 bits per heavy atom. The van der Waals surface area contributed by atoms with Crippen molar-refractivity contribution < 1.29 is 26.7 Å². The summed E-state index contributed by atoms with van der Waals surface area (Å²) in [6.07, 6.45) is 0. The maximum Gasteiger partial charge on any atom is 0.204 e. The average Bonchev–Trinajstić information content (AvgIpc) is 2.41. The Balaban J connectivity index is 2.56. The van der Waals surface area contributed by atoms with Crippen LogP contribution in [0.3, 0.4) is 0 Å². The van der Waals surface area contributed by atoms with Crippen molar-refractivity contribution in [2.45, 2.75) is 6.92 Å². The molecule has 0 amide bonds. The number of hydrogen-bond donors (Lipinski definition) is 0. The molecule has 1 radical (unpaired) electrons. The monoisotopic (exact) mass is 299 g/mol. The first-order chi connectivity index (χ1) is 9.85. The van der Waals surface area contributed by atoms with Crippen LogP contribution in [-0.2, 0) is 0 Å². The molecular formula is C14H9BF5O. The third-order valence-corrected chi connectivity index (χ3v) is 2.98. The molecule has 0 aliphatic heterocycles. The molecule has 2 aromatic carbocycles. The second-order valence-electron chi connectivity index (χ2n) is 4.35. The molecule has 1 nitrogen and oxygen atoms in total. The van der Waals surface area contributed by atoms with E-state index in [2.05, 4.69) is 0 Å². The molecule has 0 aromatic heterocycles. The fraction of sp³-hybridized carbons (Fsp3) is 0.143. The van der Waals surface area contributed by atoms with Gasteiger partial charge in [0.15, 0.2) is 5.82 Å². The Hall–Kier alpha value is -2.05. The number of benzene rings is 2. The molecular weight excluding hydrogens is 290 g/mol. The molecule has 0 atom stereocenters. The quantitative estimate of drug-likeness (QED) is 0.624. The van der Waals surface area contributed by atoms with E-state index in [-0.39, 0.29) is 11.2 Å². The lowest BCUT2D eigenvalue weighted by molar-refractivity contribution is 0.388. The van der Waals surface area contributed by atoms with Crippen molar-refractivity contribution in [3.8, 4) is 5.75 Å². The van der Waals surface area contributed by atoms with Crippen LogP contribution in [0.2, 0.25) is 0 Å². The van der Waals surface area contributed by atoms with Crippen LogP contribution in [0.5, 0.6) is 5.75 Å². The summed E-state index contributed by atoms with van der Waals surface area (Å²) in [5.74, 6) is -5.67. The maximum absolute atomic E-state index is 13.9. The van der Waals surface area contributed by atoms with Gasteiger partial charge in [-0.1, -0.05) is 0 Å². The number of halogens is 5. The lowest BCUT2D eigenvalue weighted by Gasteiger charge is -2.11. The van der Waals surface area contributed by atoms with E-state index < -0.39 is 40.1 Å². The molecule has 0 aliphatic rings. The summed E-state index contributed by atoms with van der Waals surface area (Å²) in [5, 5.41) is 0. The van der Waals surface area contributed by atoms with E-state index in [0.717, 1.165) is 27.4 Å². The molecule has 109 valence electrons. The molecule has 0 saturated carbocycles. The Kier molecular flexibility index (Phi) is 4.20. The van der Waals surface area contributed by atoms with Crippen LogP contribution >= 0.6 is 0 Å². The van der Waals surface area contributed by atoms with Gasteiger partial charge in [0, 0.05) is 17.7 Å². The maximum atomic E-state index is 13.9. The van der Waals surface area contributed by atoms with E-state index in [1.807, 2.05) is 0 Å². The highest BCUT2D eigenvalue weighted by Crippen LogP contribution is 2.16. The fourth-order valence-electron chi connectivity index (χ4n) is 1.90. The molecule has 0 unspecified atom stereocenters. The van der Waals surface area contributed by atoms with Crippen LogP contribution in [0.15, 0.2) is 18.2 Å². The standard InChI is InChI=1S/C14H9BF5O/c1-6-9(17)5-10(18)12(13(6)20)15-8-3-7(16)4-11(19)14(8)21-2/h3-5H,1-2H3. The molecule has 2 aromatic rings. The molecule has 0 bridgehead atoms. The fourth-order valence-corrected chi connectivity index (χ4v) is 1.90. The van der Waals surface area contributed by atoms with Crippen LogP contribution in [0, 0.1) is 36.0 Å². The molecule has 0 fully saturated rings. The highest BCUT2D eigenvalue weighted by molar-refractivity contribution is 6.68. The first-order valence-electron chi connectivity index (χ1n) is 5.87. The largest absolute Gasteiger partial charge is 0.494 e. The Morgan fingerprint density at radius 2 is 1.57 bits per heavy atom. The molecule has 0 saturated heterocycles. The van der Waals surface area contributed by atoms with E-state index in [1.54, 1.807) is 0 Å². The molecule has 0 spiro atoms.